The number of nitrogens with zero attached hydrogens (tertiary/aromatic N) is 1. The summed E-state index contributed by atoms with van der Waals surface area (Å²) in [4.78, 5) is 26.4. The standard InChI is InChI=1S/C22H28ClN3O4S2/c1-2-3-13-25-22(28)20-12-9-17(31-20)15-26(19-6-4-5-14-24-21(19)27)32(29,30)18-10-7-16(23)8-11-18/h7-12,19H,2-6,13-15H2,1H3,(H,24,27)(H,25,28)/t19-/m1/s1. The fourth-order valence-electron chi connectivity index (χ4n) is 3.51. The van der Waals surface area contributed by atoms with Crippen molar-refractivity contribution in [2.24, 2.45) is 0 Å². The summed E-state index contributed by atoms with van der Waals surface area (Å²) in [5.74, 6) is -0.469. The normalized spacial score (nSPS) is 17.1. The maximum absolute atomic E-state index is 13.5. The highest BCUT2D eigenvalue weighted by Crippen LogP contribution is 2.28. The first-order chi connectivity index (χ1) is 15.3. The SMILES string of the molecule is CCCCNC(=O)c1ccc(CN([C@@H]2CCCCNC2=O)S(=O)(=O)c2ccc(Cl)cc2)s1. The number of hydrogen-bond donors (Lipinski definition) is 2. The molecule has 3 rings (SSSR count). The van der Waals surface area contributed by atoms with Crippen molar-refractivity contribution in [1.29, 1.82) is 0 Å². The molecule has 2 amide bonds. The van der Waals surface area contributed by atoms with Gasteiger partial charge >= 0.3 is 0 Å². The highest BCUT2D eigenvalue weighted by Gasteiger charge is 2.36. The van der Waals surface area contributed by atoms with Gasteiger partial charge < -0.3 is 10.6 Å². The number of hydrogen-bond acceptors (Lipinski definition) is 5. The van der Waals surface area contributed by atoms with E-state index in [4.69, 9.17) is 11.6 Å². The number of rotatable bonds is 9. The maximum atomic E-state index is 13.5. The molecule has 1 aliphatic rings. The molecule has 7 nitrogen and oxygen atoms in total. The summed E-state index contributed by atoms with van der Waals surface area (Å²) >= 11 is 7.17. The van der Waals surface area contributed by atoms with Crippen LogP contribution < -0.4 is 10.6 Å². The summed E-state index contributed by atoms with van der Waals surface area (Å²) in [6.07, 6.45) is 3.86. The van der Waals surface area contributed by atoms with E-state index in [9.17, 15) is 18.0 Å². The first-order valence-electron chi connectivity index (χ1n) is 10.7. The molecule has 0 radical (unpaired) electrons. The van der Waals surface area contributed by atoms with E-state index in [1.54, 1.807) is 12.1 Å². The van der Waals surface area contributed by atoms with E-state index in [1.165, 1.54) is 39.9 Å². The Kier molecular flexibility index (Phi) is 8.70. The third kappa shape index (κ3) is 6.10. The number of amides is 2. The first kappa shape index (κ1) is 24.7. The van der Waals surface area contributed by atoms with Gasteiger partial charge in [0.25, 0.3) is 5.91 Å². The van der Waals surface area contributed by atoms with E-state index < -0.39 is 16.1 Å². The van der Waals surface area contributed by atoms with Crippen LogP contribution in [0.15, 0.2) is 41.3 Å². The molecule has 1 aliphatic heterocycles. The lowest BCUT2D eigenvalue weighted by atomic mass is 10.1. The number of carbonyl (C=O) groups excluding carboxylic acids is 2. The minimum Gasteiger partial charge on any atom is -0.355 e. The number of unbranched alkanes of at least 4 members (excludes halogenated alkanes) is 1. The predicted molar refractivity (Wildman–Crippen MR) is 126 cm³/mol. The molecule has 2 N–H and O–H groups in total. The second-order valence-electron chi connectivity index (χ2n) is 7.68. The zero-order valence-electron chi connectivity index (χ0n) is 18.0. The van der Waals surface area contributed by atoms with Crippen LogP contribution in [0.4, 0.5) is 0 Å². The van der Waals surface area contributed by atoms with Gasteiger partial charge in [-0.05, 0) is 62.1 Å². The highest BCUT2D eigenvalue weighted by molar-refractivity contribution is 7.89. The summed E-state index contributed by atoms with van der Waals surface area (Å²) in [5.41, 5.74) is 0. The molecule has 0 unspecified atom stereocenters. The molecule has 32 heavy (non-hydrogen) atoms. The smallest absolute Gasteiger partial charge is 0.261 e. The first-order valence-corrected chi connectivity index (χ1v) is 13.4. The van der Waals surface area contributed by atoms with Crippen molar-refractivity contribution in [3.63, 3.8) is 0 Å². The number of thiophene rings is 1. The molecule has 0 spiro atoms. The monoisotopic (exact) mass is 497 g/mol. The number of nitrogens with one attached hydrogen (secondary N) is 2. The molecule has 0 aliphatic carbocycles. The largest absolute Gasteiger partial charge is 0.355 e. The average molecular weight is 498 g/mol. The van der Waals surface area contributed by atoms with Crippen LogP contribution in [-0.4, -0.2) is 43.7 Å². The van der Waals surface area contributed by atoms with Crippen LogP contribution in [0.2, 0.25) is 5.02 Å². The maximum Gasteiger partial charge on any atom is 0.261 e. The van der Waals surface area contributed by atoms with Crippen molar-refractivity contribution in [2.75, 3.05) is 13.1 Å². The zero-order valence-corrected chi connectivity index (χ0v) is 20.4. The van der Waals surface area contributed by atoms with Crippen LogP contribution in [0.5, 0.6) is 0 Å². The number of sulfonamides is 1. The average Bonchev–Trinajstić information content (AvgIpc) is 3.14. The Balaban J connectivity index is 1.89. The molecule has 174 valence electrons. The fourth-order valence-corrected chi connectivity index (χ4v) is 6.23. The molecular formula is C22H28ClN3O4S2. The van der Waals surface area contributed by atoms with Gasteiger partial charge in [-0.3, -0.25) is 9.59 Å². The molecule has 1 aromatic heterocycles. The summed E-state index contributed by atoms with van der Waals surface area (Å²) in [6.45, 7) is 3.19. The van der Waals surface area contributed by atoms with Crippen LogP contribution >= 0.6 is 22.9 Å². The molecule has 1 atom stereocenters. The molecule has 2 heterocycles. The minimum atomic E-state index is -3.97. The van der Waals surface area contributed by atoms with Gasteiger partial charge in [0.1, 0.15) is 6.04 Å². The number of halogens is 1. The van der Waals surface area contributed by atoms with Crippen LogP contribution in [0, 0.1) is 0 Å². The van der Waals surface area contributed by atoms with E-state index >= 15 is 0 Å². The topological polar surface area (TPSA) is 95.6 Å². The minimum absolute atomic E-state index is 0.00987. The second-order valence-corrected chi connectivity index (χ2v) is 11.2. The fraction of sp³-hybridized carbons (Fsp3) is 0.455. The number of benzene rings is 1. The quantitative estimate of drug-likeness (QED) is 0.515. The molecule has 0 saturated carbocycles. The van der Waals surface area contributed by atoms with Crippen molar-refractivity contribution in [2.45, 2.75) is 56.5 Å². The molecule has 1 aromatic carbocycles. The summed E-state index contributed by atoms with van der Waals surface area (Å²) in [6, 6.07) is 8.55. The van der Waals surface area contributed by atoms with E-state index in [0.29, 0.717) is 34.3 Å². The van der Waals surface area contributed by atoms with E-state index in [0.717, 1.165) is 25.7 Å². The third-order valence-electron chi connectivity index (χ3n) is 5.29. The predicted octanol–water partition coefficient (Wildman–Crippen LogP) is 3.79. The molecule has 10 heteroatoms. The van der Waals surface area contributed by atoms with E-state index in [2.05, 4.69) is 17.6 Å². The van der Waals surface area contributed by atoms with Crippen LogP contribution in [0.25, 0.3) is 0 Å². The van der Waals surface area contributed by atoms with Gasteiger partial charge in [0, 0.05) is 29.5 Å². The van der Waals surface area contributed by atoms with E-state index in [-0.39, 0.29) is 23.3 Å². The Hall–Kier alpha value is -1.94. The Bertz CT molecular complexity index is 1040. The van der Waals surface area contributed by atoms with Crippen LogP contribution in [-0.2, 0) is 21.4 Å². The van der Waals surface area contributed by atoms with Crippen LogP contribution in [0.3, 0.4) is 0 Å². The van der Waals surface area contributed by atoms with Crippen molar-refractivity contribution in [1.82, 2.24) is 14.9 Å². The summed E-state index contributed by atoms with van der Waals surface area (Å²) in [7, 11) is -3.97. The summed E-state index contributed by atoms with van der Waals surface area (Å²) in [5, 5.41) is 6.12. The third-order valence-corrected chi connectivity index (χ3v) is 8.48. The molecule has 2 aromatic rings. The Morgan fingerprint density at radius 3 is 2.69 bits per heavy atom. The second kappa shape index (κ2) is 11.3. The van der Waals surface area contributed by atoms with Crippen LogP contribution in [0.1, 0.15) is 53.6 Å². The molecular weight excluding hydrogens is 470 g/mol. The molecule has 1 fully saturated rings. The number of carbonyl (C=O) groups is 2. The van der Waals surface area contributed by atoms with Crippen molar-refractivity contribution in [3.05, 3.63) is 51.2 Å². The van der Waals surface area contributed by atoms with Gasteiger partial charge in [-0.25, -0.2) is 8.42 Å². The van der Waals surface area contributed by atoms with Gasteiger partial charge in [-0.2, -0.15) is 4.31 Å². The molecule has 1 saturated heterocycles. The summed E-state index contributed by atoms with van der Waals surface area (Å²) < 4.78 is 28.3. The van der Waals surface area contributed by atoms with Gasteiger partial charge in [-0.1, -0.05) is 24.9 Å². The van der Waals surface area contributed by atoms with Gasteiger partial charge in [0.05, 0.1) is 9.77 Å². The van der Waals surface area contributed by atoms with Crippen molar-refractivity contribution in [3.8, 4) is 0 Å². The van der Waals surface area contributed by atoms with Crippen molar-refractivity contribution >= 4 is 44.8 Å². The van der Waals surface area contributed by atoms with Gasteiger partial charge in [-0.15, -0.1) is 11.3 Å². The van der Waals surface area contributed by atoms with Gasteiger partial charge in [0.2, 0.25) is 15.9 Å². The molecule has 0 bridgehead atoms. The Labute approximate surface area is 198 Å². The van der Waals surface area contributed by atoms with Crippen molar-refractivity contribution < 1.29 is 18.0 Å². The lowest BCUT2D eigenvalue weighted by Gasteiger charge is -2.28. The lowest BCUT2D eigenvalue weighted by Crippen LogP contribution is -2.48. The lowest BCUT2D eigenvalue weighted by molar-refractivity contribution is -0.124. The zero-order chi connectivity index (χ0) is 23.1. The Morgan fingerprint density at radius 2 is 1.97 bits per heavy atom. The van der Waals surface area contributed by atoms with Gasteiger partial charge in [0.15, 0.2) is 0 Å². The Morgan fingerprint density at radius 1 is 1.22 bits per heavy atom. The van der Waals surface area contributed by atoms with E-state index in [1.807, 2.05) is 0 Å². The highest BCUT2D eigenvalue weighted by atomic mass is 35.5.